The van der Waals surface area contributed by atoms with Gasteiger partial charge in [0.2, 0.25) is 0 Å². The van der Waals surface area contributed by atoms with Gasteiger partial charge in [0.15, 0.2) is 0 Å². The molecule has 1 heterocycles. The number of nitrogens with zero attached hydrogens (tertiary/aromatic N) is 1. The van der Waals surface area contributed by atoms with E-state index in [-0.39, 0.29) is 22.9 Å². The largest absolute Gasteiger partial charge is 0.496 e. The Morgan fingerprint density at radius 3 is 2.59 bits per heavy atom. The van der Waals surface area contributed by atoms with Crippen molar-refractivity contribution >= 4 is 17.5 Å². The standard InChI is InChI=1S/C20H28N4O3/c1-6-7-10-21-19(26)17-15(12-22-24-17)23-18(25)14-11-13(20(2,3)4)8-9-16(14)27-5/h8-9,11-12H,6-7,10H2,1-5H3,(H,21,26)(H,22,24)(H,23,25). The lowest BCUT2D eigenvalue weighted by Crippen LogP contribution is -2.26. The van der Waals surface area contributed by atoms with Crippen LogP contribution in [0.4, 0.5) is 5.69 Å². The van der Waals surface area contributed by atoms with Gasteiger partial charge in [-0.15, -0.1) is 0 Å². The van der Waals surface area contributed by atoms with E-state index in [9.17, 15) is 9.59 Å². The normalized spacial score (nSPS) is 11.1. The van der Waals surface area contributed by atoms with E-state index in [0.29, 0.717) is 23.5 Å². The van der Waals surface area contributed by atoms with E-state index in [4.69, 9.17) is 4.74 Å². The van der Waals surface area contributed by atoms with Gasteiger partial charge in [0, 0.05) is 6.54 Å². The Hall–Kier alpha value is -2.83. The second kappa shape index (κ2) is 8.70. The third kappa shape index (κ3) is 5.09. The molecule has 0 bridgehead atoms. The number of benzene rings is 1. The van der Waals surface area contributed by atoms with Crippen molar-refractivity contribution in [2.75, 3.05) is 19.0 Å². The predicted molar refractivity (Wildman–Crippen MR) is 105 cm³/mol. The summed E-state index contributed by atoms with van der Waals surface area (Å²) in [4.78, 5) is 25.1. The van der Waals surface area contributed by atoms with Gasteiger partial charge < -0.3 is 15.4 Å². The van der Waals surface area contributed by atoms with Crippen LogP contribution in [0.2, 0.25) is 0 Å². The number of anilines is 1. The monoisotopic (exact) mass is 372 g/mol. The summed E-state index contributed by atoms with van der Waals surface area (Å²) in [6, 6.07) is 5.54. The van der Waals surface area contributed by atoms with E-state index >= 15 is 0 Å². The summed E-state index contributed by atoms with van der Waals surface area (Å²) in [6.07, 6.45) is 3.29. The quantitative estimate of drug-likeness (QED) is 0.648. The minimum absolute atomic E-state index is 0.110. The summed E-state index contributed by atoms with van der Waals surface area (Å²) < 4.78 is 5.33. The molecular formula is C20H28N4O3. The molecule has 0 spiro atoms. The van der Waals surface area contributed by atoms with Gasteiger partial charge in [0.1, 0.15) is 11.4 Å². The highest BCUT2D eigenvalue weighted by Crippen LogP contribution is 2.28. The summed E-state index contributed by atoms with van der Waals surface area (Å²) in [5.41, 5.74) is 1.87. The lowest BCUT2D eigenvalue weighted by atomic mass is 9.86. The van der Waals surface area contributed by atoms with Crippen LogP contribution in [-0.2, 0) is 5.41 Å². The Morgan fingerprint density at radius 1 is 1.22 bits per heavy atom. The average Bonchev–Trinajstić information content (AvgIpc) is 3.08. The molecule has 27 heavy (non-hydrogen) atoms. The predicted octanol–water partition coefficient (Wildman–Crippen LogP) is 3.50. The number of ether oxygens (including phenoxy) is 1. The maximum Gasteiger partial charge on any atom is 0.271 e. The van der Waals surface area contributed by atoms with Crippen molar-refractivity contribution in [3.8, 4) is 5.75 Å². The lowest BCUT2D eigenvalue weighted by Gasteiger charge is -2.20. The molecule has 0 aliphatic rings. The number of hydrogen-bond acceptors (Lipinski definition) is 4. The molecule has 7 nitrogen and oxygen atoms in total. The molecule has 0 atom stereocenters. The fourth-order valence-corrected chi connectivity index (χ4v) is 2.56. The van der Waals surface area contributed by atoms with Crippen molar-refractivity contribution in [2.45, 2.75) is 46.0 Å². The number of H-pyrrole nitrogens is 1. The number of hydrogen-bond donors (Lipinski definition) is 3. The van der Waals surface area contributed by atoms with E-state index in [1.165, 1.54) is 13.3 Å². The highest BCUT2D eigenvalue weighted by molar-refractivity contribution is 6.09. The fraction of sp³-hybridized carbons (Fsp3) is 0.450. The molecule has 1 aromatic carbocycles. The Labute approximate surface area is 159 Å². The van der Waals surface area contributed by atoms with Crippen molar-refractivity contribution in [1.82, 2.24) is 15.5 Å². The molecule has 2 amide bonds. The molecule has 0 aliphatic heterocycles. The maximum absolute atomic E-state index is 12.8. The number of carbonyl (C=O) groups is 2. The molecule has 2 rings (SSSR count). The zero-order valence-corrected chi connectivity index (χ0v) is 16.6. The highest BCUT2D eigenvalue weighted by Gasteiger charge is 2.21. The molecule has 1 aromatic heterocycles. The van der Waals surface area contributed by atoms with Crippen LogP contribution in [0.25, 0.3) is 0 Å². The van der Waals surface area contributed by atoms with Crippen molar-refractivity contribution in [1.29, 1.82) is 0 Å². The summed E-state index contributed by atoms with van der Waals surface area (Å²) in [5, 5.41) is 12.1. The minimum Gasteiger partial charge on any atom is -0.496 e. The van der Waals surface area contributed by atoms with E-state index in [1.807, 2.05) is 19.1 Å². The summed E-state index contributed by atoms with van der Waals surface area (Å²) in [7, 11) is 1.52. The molecule has 0 unspecified atom stereocenters. The number of amides is 2. The van der Waals surface area contributed by atoms with Crippen LogP contribution in [0.3, 0.4) is 0 Å². The minimum atomic E-state index is -0.359. The van der Waals surface area contributed by atoms with E-state index in [2.05, 4.69) is 41.6 Å². The smallest absolute Gasteiger partial charge is 0.271 e. The number of aromatic amines is 1. The zero-order valence-electron chi connectivity index (χ0n) is 16.6. The van der Waals surface area contributed by atoms with Gasteiger partial charge in [0.05, 0.1) is 24.6 Å². The van der Waals surface area contributed by atoms with Gasteiger partial charge in [-0.2, -0.15) is 5.10 Å². The summed E-state index contributed by atoms with van der Waals surface area (Å²) in [6.45, 7) is 8.85. The Morgan fingerprint density at radius 2 is 1.96 bits per heavy atom. The maximum atomic E-state index is 12.8. The van der Waals surface area contributed by atoms with Gasteiger partial charge >= 0.3 is 0 Å². The second-order valence-corrected chi connectivity index (χ2v) is 7.39. The Kier molecular flexibility index (Phi) is 6.60. The number of nitrogens with one attached hydrogen (secondary N) is 3. The first-order chi connectivity index (χ1) is 12.8. The van der Waals surface area contributed by atoms with Crippen molar-refractivity contribution < 1.29 is 14.3 Å². The topological polar surface area (TPSA) is 96.1 Å². The second-order valence-electron chi connectivity index (χ2n) is 7.39. The molecule has 0 aliphatic carbocycles. The van der Waals surface area contributed by atoms with Gasteiger partial charge in [-0.3, -0.25) is 14.7 Å². The van der Waals surface area contributed by atoms with Gasteiger partial charge in [-0.25, -0.2) is 0 Å². The first-order valence-corrected chi connectivity index (χ1v) is 9.09. The van der Waals surface area contributed by atoms with Crippen LogP contribution in [0, 0.1) is 0 Å². The average molecular weight is 372 g/mol. The number of methoxy groups -OCH3 is 1. The van der Waals surface area contributed by atoms with Crippen LogP contribution in [0.1, 0.15) is 66.9 Å². The summed E-state index contributed by atoms with van der Waals surface area (Å²) in [5.74, 6) is -0.188. The molecule has 0 fully saturated rings. The molecular weight excluding hydrogens is 344 g/mol. The van der Waals surface area contributed by atoms with Crippen LogP contribution in [-0.4, -0.2) is 35.7 Å². The first kappa shape index (κ1) is 20.5. The summed E-state index contributed by atoms with van der Waals surface area (Å²) >= 11 is 0. The molecule has 0 radical (unpaired) electrons. The molecule has 0 saturated heterocycles. The molecule has 0 saturated carbocycles. The number of aromatic nitrogens is 2. The van der Waals surface area contributed by atoms with Crippen LogP contribution in [0.15, 0.2) is 24.4 Å². The van der Waals surface area contributed by atoms with Crippen LogP contribution < -0.4 is 15.4 Å². The first-order valence-electron chi connectivity index (χ1n) is 9.09. The lowest BCUT2D eigenvalue weighted by molar-refractivity contribution is 0.0949. The molecule has 3 N–H and O–H groups in total. The molecule has 2 aromatic rings. The van der Waals surface area contributed by atoms with Crippen molar-refractivity contribution in [3.63, 3.8) is 0 Å². The van der Waals surface area contributed by atoms with Gasteiger partial charge in [-0.05, 0) is 29.5 Å². The number of rotatable bonds is 7. The molecule has 7 heteroatoms. The number of carbonyl (C=O) groups excluding carboxylic acids is 2. The van der Waals surface area contributed by atoms with Crippen molar-refractivity contribution in [2.24, 2.45) is 0 Å². The van der Waals surface area contributed by atoms with E-state index in [1.54, 1.807) is 6.07 Å². The van der Waals surface area contributed by atoms with Crippen molar-refractivity contribution in [3.05, 3.63) is 41.2 Å². The third-order valence-corrected chi connectivity index (χ3v) is 4.24. The Bertz CT molecular complexity index is 806. The Balaban J connectivity index is 2.23. The van der Waals surface area contributed by atoms with E-state index < -0.39 is 0 Å². The van der Waals surface area contributed by atoms with Gasteiger partial charge in [0.25, 0.3) is 11.8 Å². The third-order valence-electron chi connectivity index (χ3n) is 4.24. The zero-order chi connectivity index (χ0) is 20.0. The number of unbranched alkanes of at least 4 members (excludes halogenated alkanes) is 1. The molecule has 146 valence electrons. The SMILES string of the molecule is CCCCNC(=O)c1[nH]ncc1NC(=O)c1cc(C(C)(C)C)ccc1OC. The van der Waals surface area contributed by atoms with Crippen LogP contribution >= 0.6 is 0 Å². The fourth-order valence-electron chi connectivity index (χ4n) is 2.56. The van der Waals surface area contributed by atoms with E-state index in [0.717, 1.165) is 18.4 Å². The van der Waals surface area contributed by atoms with Crippen LogP contribution in [0.5, 0.6) is 5.75 Å². The highest BCUT2D eigenvalue weighted by atomic mass is 16.5. The van der Waals surface area contributed by atoms with Gasteiger partial charge in [-0.1, -0.05) is 40.2 Å².